The summed E-state index contributed by atoms with van der Waals surface area (Å²) >= 11 is 1.04. The average molecular weight is 378 g/mol. The van der Waals surface area contributed by atoms with Crippen LogP contribution in [0.1, 0.15) is 6.92 Å². The van der Waals surface area contributed by atoms with E-state index in [-0.39, 0.29) is 22.2 Å². The van der Waals surface area contributed by atoms with Crippen LogP contribution in [0.2, 0.25) is 0 Å². The van der Waals surface area contributed by atoms with Gasteiger partial charge >= 0.3 is 0 Å². The number of aromatic amines is 1. The van der Waals surface area contributed by atoms with Gasteiger partial charge in [0, 0.05) is 11.8 Å². The highest BCUT2D eigenvalue weighted by atomic mass is 32.2. The third-order valence-electron chi connectivity index (χ3n) is 3.43. The number of amides is 1. The summed E-state index contributed by atoms with van der Waals surface area (Å²) in [4.78, 5) is 16.3. The summed E-state index contributed by atoms with van der Waals surface area (Å²) in [6.45, 7) is 1.61. The Balaban J connectivity index is 1.66. The molecule has 1 amide bonds. The molecule has 0 aliphatic heterocycles. The highest BCUT2D eigenvalue weighted by Crippen LogP contribution is 2.25. The maximum atomic E-state index is 13.8. The molecule has 0 aliphatic rings. The summed E-state index contributed by atoms with van der Waals surface area (Å²) in [7, 11) is 0. The number of rotatable bonds is 5. The van der Waals surface area contributed by atoms with Gasteiger partial charge in [-0.05, 0) is 31.2 Å². The fourth-order valence-corrected chi connectivity index (χ4v) is 2.83. The number of benzene rings is 2. The molecular weight excluding hydrogens is 365 g/mol. The van der Waals surface area contributed by atoms with Crippen molar-refractivity contribution in [2.45, 2.75) is 17.3 Å². The highest BCUT2D eigenvalue weighted by Gasteiger charge is 2.19. The second kappa shape index (κ2) is 7.61. The molecular formula is C17H13F3N4OS. The number of nitrogens with zero attached hydrogens (tertiary/aromatic N) is 2. The molecule has 0 bridgehead atoms. The van der Waals surface area contributed by atoms with Gasteiger partial charge in [0.1, 0.15) is 5.82 Å². The normalized spacial score (nSPS) is 12.0. The molecule has 0 saturated carbocycles. The van der Waals surface area contributed by atoms with Crippen LogP contribution in [-0.4, -0.2) is 26.3 Å². The van der Waals surface area contributed by atoms with E-state index >= 15 is 0 Å². The molecule has 0 fully saturated rings. The van der Waals surface area contributed by atoms with Crippen molar-refractivity contribution in [2.24, 2.45) is 0 Å². The predicted octanol–water partition coefficient (Wildman–Crippen LogP) is 4.01. The van der Waals surface area contributed by atoms with Crippen molar-refractivity contribution < 1.29 is 18.0 Å². The monoisotopic (exact) mass is 378 g/mol. The lowest BCUT2D eigenvalue weighted by Gasteiger charge is -2.10. The minimum Gasteiger partial charge on any atom is -0.325 e. The van der Waals surface area contributed by atoms with E-state index in [1.807, 2.05) is 0 Å². The van der Waals surface area contributed by atoms with Crippen LogP contribution in [0.5, 0.6) is 0 Å². The second-order valence-electron chi connectivity index (χ2n) is 5.32. The van der Waals surface area contributed by atoms with E-state index in [4.69, 9.17) is 0 Å². The summed E-state index contributed by atoms with van der Waals surface area (Å²) in [6, 6.07) is 9.19. The van der Waals surface area contributed by atoms with Crippen LogP contribution in [0.15, 0.2) is 47.6 Å². The first-order chi connectivity index (χ1) is 12.4. The summed E-state index contributed by atoms with van der Waals surface area (Å²) in [5.41, 5.74) is 0.411. The van der Waals surface area contributed by atoms with E-state index in [9.17, 15) is 18.0 Å². The third-order valence-corrected chi connectivity index (χ3v) is 4.39. The van der Waals surface area contributed by atoms with Crippen LogP contribution in [0, 0.1) is 17.5 Å². The van der Waals surface area contributed by atoms with Gasteiger partial charge in [-0.1, -0.05) is 23.9 Å². The Kier molecular flexibility index (Phi) is 5.27. The first-order valence-electron chi connectivity index (χ1n) is 7.54. The van der Waals surface area contributed by atoms with E-state index in [1.54, 1.807) is 25.1 Å². The number of carbonyl (C=O) groups is 1. The number of H-pyrrole nitrogens is 1. The molecule has 0 aliphatic carbocycles. The Morgan fingerprint density at radius 1 is 1.12 bits per heavy atom. The Labute approximate surface area is 151 Å². The van der Waals surface area contributed by atoms with Crippen LogP contribution >= 0.6 is 11.8 Å². The molecule has 1 unspecified atom stereocenters. The highest BCUT2D eigenvalue weighted by molar-refractivity contribution is 8.00. The molecule has 3 rings (SSSR count). The molecule has 9 heteroatoms. The van der Waals surface area contributed by atoms with Crippen LogP contribution in [0.25, 0.3) is 11.4 Å². The van der Waals surface area contributed by atoms with Gasteiger partial charge < -0.3 is 5.32 Å². The SMILES string of the molecule is CC(Sc1n[nH]c(-c2ccccc2F)n1)C(=O)Nc1ccc(F)c(F)c1. The molecule has 0 spiro atoms. The minimum atomic E-state index is -1.05. The first kappa shape index (κ1) is 18.0. The minimum absolute atomic E-state index is 0.142. The summed E-state index contributed by atoms with van der Waals surface area (Å²) in [5, 5.41) is 8.71. The summed E-state index contributed by atoms with van der Waals surface area (Å²) in [5.74, 6) is -2.67. The number of anilines is 1. The van der Waals surface area contributed by atoms with Gasteiger partial charge in [0.15, 0.2) is 17.5 Å². The molecule has 5 nitrogen and oxygen atoms in total. The number of nitrogens with one attached hydrogen (secondary N) is 2. The zero-order valence-corrected chi connectivity index (χ0v) is 14.3. The molecule has 1 atom stereocenters. The van der Waals surface area contributed by atoms with Crippen LogP contribution < -0.4 is 5.32 Å². The van der Waals surface area contributed by atoms with Crippen molar-refractivity contribution in [1.29, 1.82) is 0 Å². The van der Waals surface area contributed by atoms with Crippen molar-refractivity contribution in [1.82, 2.24) is 15.2 Å². The topological polar surface area (TPSA) is 70.7 Å². The van der Waals surface area contributed by atoms with E-state index < -0.39 is 28.6 Å². The van der Waals surface area contributed by atoms with Crippen molar-refractivity contribution in [2.75, 3.05) is 5.32 Å². The Morgan fingerprint density at radius 2 is 1.88 bits per heavy atom. The number of hydrogen-bond acceptors (Lipinski definition) is 4. The van der Waals surface area contributed by atoms with Crippen LogP contribution in [-0.2, 0) is 4.79 Å². The fourth-order valence-electron chi connectivity index (χ4n) is 2.10. The van der Waals surface area contributed by atoms with Gasteiger partial charge in [-0.25, -0.2) is 18.2 Å². The molecule has 0 saturated heterocycles. The lowest BCUT2D eigenvalue weighted by molar-refractivity contribution is -0.115. The average Bonchev–Trinajstić information content (AvgIpc) is 3.06. The predicted molar refractivity (Wildman–Crippen MR) is 92.1 cm³/mol. The number of halogens is 3. The molecule has 26 heavy (non-hydrogen) atoms. The molecule has 1 heterocycles. The van der Waals surface area contributed by atoms with E-state index in [2.05, 4.69) is 20.5 Å². The first-order valence-corrected chi connectivity index (χ1v) is 8.42. The van der Waals surface area contributed by atoms with Crippen molar-refractivity contribution in [3.8, 4) is 11.4 Å². The molecule has 3 aromatic rings. The number of aromatic nitrogens is 3. The van der Waals surface area contributed by atoms with Crippen molar-refractivity contribution in [3.05, 3.63) is 59.9 Å². The van der Waals surface area contributed by atoms with E-state index in [1.165, 1.54) is 12.1 Å². The lowest BCUT2D eigenvalue weighted by Crippen LogP contribution is -2.22. The van der Waals surface area contributed by atoms with Gasteiger partial charge in [-0.2, -0.15) is 0 Å². The standard InChI is InChI=1S/C17H13F3N4OS/c1-9(16(25)21-10-6-7-13(19)14(20)8-10)26-17-22-15(23-24-17)11-4-2-3-5-12(11)18/h2-9H,1H3,(H,21,25)(H,22,23,24). The zero-order chi connectivity index (χ0) is 18.7. The quantitative estimate of drug-likeness (QED) is 0.658. The Hall–Kier alpha value is -2.81. The summed E-state index contributed by atoms with van der Waals surface area (Å²) < 4.78 is 39.9. The molecule has 134 valence electrons. The van der Waals surface area contributed by atoms with Gasteiger partial charge in [0.05, 0.1) is 10.8 Å². The third kappa shape index (κ3) is 4.05. The molecule has 2 N–H and O–H groups in total. The fraction of sp³-hybridized carbons (Fsp3) is 0.118. The smallest absolute Gasteiger partial charge is 0.237 e. The van der Waals surface area contributed by atoms with E-state index in [0.717, 1.165) is 23.9 Å². The van der Waals surface area contributed by atoms with Gasteiger partial charge in [-0.15, -0.1) is 5.10 Å². The van der Waals surface area contributed by atoms with Gasteiger partial charge in [0.2, 0.25) is 11.1 Å². The van der Waals surface area contributed by atoms with E-state index in [0.29, 0.717) is 0 Å². The molecule has 2 aromatic carbocycles. The largest absolute Gasteiger partial charge is 0.325 e. The summed E-state index contributed by atoms with van der Waals surface area (Å²) in [6.07, 6.45) is 0. The number of thioether (sulfide) groups is 1. The van der Waals surface area contributed by atoms with Crippen LogP contribution in [0.4, 0.5) is 18.9 Å². The second-order valence-corrected chi connectivity index (χ2v) is 6.63. The number of hydrogen-bond donors (Lipinski definition) is 2. The molecule has 0 radical (unpaired) electrons. The lowest BCUT2D eigenvalue weighted by atomic mass is 10.2. The maximum absolute atomic E-state index is 13.8. The zero-order valence-electron chi connectivity index (χ0n) is 13.5. The van der Waals surface area contributed by atoms with Crippen molar-refractivity contribution >= 4 is 23.4 Å². The van der Waals surface area contributed by atoms with Gasteiger partial charge in [-0.3, -0.25) is 9.89 Å². The number of carbonyl (C=O) groups excluding carboxylic acids is 1. The van der Waals surface area contributed by atoms with Gasteiger partial charge in [0.25, 0.3) is 0 Å². The molecule has 1 aromatic heterocycles. The maximum Gasteiger partial charge on any atom is 0.237 e. The Bertz CT molecular complexity index is 947. The van der Waals surface area contributed by atoms with Crippen LogP contribution in [0.3, 0.4) is 0 Å². The Morgan fingerprint density at radius 3 is 2.62 bits per heavy atom. The van der Waals surface area contributed by atoms with Crippen molar-refractivity contribution in [3.63, 3.8) is 0 Å².